The third-order valence-corrected chi connectivity index (χ3v) is 4.18. The van der Waals surface area contributed by atoms with E-state index >= 15 is 0 Å². The molecular weight excluding hydrogens is 359 g/mol. The lowest BCUT2D eigenvalue weighted by atomic mass is 10.1. The third-order valence-electron chi connectivity index (χ3n) is 3.68. The maximum atomic E-state index is 13.8. The van der Waals surface area contributed by atoms with Gasteiger partial charge in [-0.15, -0.1) is 0 Å². The first-order valence-corrected chi connectivity index (χ1v) is 8.05. The molecule has 2 aromatic carbocycles. The molecule has 0 amide bonds. The quantitative estimate of drug-likeness (QED) is 0.733. The number of hydrogen-bond acceptors (Lipinski definition) is 3. The zero-order valence-electron chi connectivity index (χ0n) is 12.6. The van der Waals surface area contributed by atoms with Crippen LogP contribution in [0.2, 0.25) is 0 Å². The van der Waals surface area contributed by atoms with Crippen LogP contribution in [0.15, 0.2) is 59.6 Å². The Bertz CT molecular complexity index is 772. The normalized spacial score (nSPS) is 12.3. The summed E-state index contributed by atoms with van der Waals surface area (Å²) < 4.78 is 16.3. The van der Waals surface area contributed by atoms with E-state index in [-0.39, 0.29) is 11.9 Å². The average molecular weight is 375 g/mol. The fourth-order valence-electron chi connectivity index (χ4n) is 2.32. The molecule has 118 valence electrons. The smallest absolute Gasteiger partial charge is 0.138 e. The Morgan fingerprint density at radius 1 is 1.22 bits per heavy atom. The fraction of sp³-hybridized carbons (Fsp3) is 0.176. The molecule has 0 spiro atoms. The Labute approximate surface area is 142 Å². The number of aromatic nitrogens is 3. The molecule has 0 aliphatic carbocycles. The maximum absolute atomic E-state index is 13.8. The number of halogens is 2. The Hall–Kier alpha value is -2.05. The van der Waals surface area contributed by atoms with Crippen LogP contribution in [0.3, 0.4) is 0 Å². The van der Waals surface area contributed by atoms with Crippen LogP contribution in [0.5, 0.6) is 0 Å². The molecule has 1 N–H and O–H groups in total. The summed E-state index contributed by atoms with van der Waals surface area (Å²) in [5.74, 6) is -0.200. The van der Waals surface area contributed by atoms with Crippen molar-refractivity contribution in [2.75, 3.05) is 0 Å². The maximum Gasteiger partial charge on any atom is 0.138 e. The summed E-state index contributed by atoms with van der Waals surface area (Å²) in [6.45, 7) is 2.53. The van der Waals surface area contributed by atoms with E-state index in [0.717, 1.165) is 15.7 Å². The van der Waals surface area contributed by atoms with Crippen molar-refractivity contribution in [3.63, 3.8) is 0 Å². The third kappa shape index (κ3) is 3.83. The van der Waals surface area contributed by atoms with E-state index in [0.29, 0.717) is 12.1 Å². The van der Waals surface area contributed by atoms with Crippen LogP contribution >= 0.6 is 15.9 Å². The molecule has 23 heavy (non-hydrogen) atoms. The highest BCUT2D eigenvalue weighted by Crippen LogP contribution is 2.18. The van der Waals surface area contributed by atoms with Crippen molar-refractivity contribution < 1.29 is 4.39 Å². The van der Waals surface area contributed by atoms with Crippen molar-refractivity contribution >= 4 is 15.9 Å². The van der Waals surface area contributed by atoms with Crippen molar-refractivity contribution in [3.8, 4) is 5.69 Å². The standard InChI is InChI=1S/C17H16BrFN4/c1-12(21-9-14-8-15(18)4-7-17(14)19)13-2-5-16(6-3-13)23-11-20-10-22-23/h2-8,10-12,21H,9H2,1H3. The van der Waals surface area contributed by atoms with Crippen molar-refractivity contribution in [2.24, 2.45) is 0 Å². The summed E-state index contributed by atoms with van der Waals surface area (Å²) in [7, 11) is 0. The monoisotopic (exact) mass is 374 g/mol. The van der Waals surface area contributed by atoms with Gasteiger partial charge in [0, 0.05) is 22.6 Å². The second-order valence-corrected chi connectivity index (χ2v) is 6.19. The van der Waals surface area contributed by atoms with Gasteiger partial charge in [0.05, 0.1) is 5.69 Å². The molecule has 0 saturated carbocycles. The lowest BCUT2D eigenvalue weighted by Gasteiger charge is -2.15. The fourth-order valence-corrected chi connectivity index (χ4v) is 2.73. The zero-order chi connectivity index (χ0) is 16.2. The molecule has 6 heteroatoms. The van der Waals surface area contributed by atoms with Gasteiger partial charge in [0.2, 0.25) is 0 Å². The summed E-state index contributed by atoms with van der Waals surface area (Å²) >= 11 is 3.37. The predicted molar refractivity (Wildman–Crippen MR) is 90.7 cm³/mol. The molecule has 0 bridgehead atoms. The first-order valence-electron chi connectivity index (χ1n) is 7.26. The minimum absolute atomic E-state index is 0.109. The molecule has 0 aliphatic rings. The largest absolute Gasteiger partial charge is 0.306 e. The molecule has 3 rings (SSSR count). The van der Waals surface area contributed by atoms with E-state index in [4.69, 9.17) is 0 Å². The molecule has 4 nitrogen and oxygen atoms in total. The van der Waals surface area contributed by atoms with Crippen LogP contribution < -0.4 is 5.32 Å². The minimum Gasteiger partial charge on any atom is -0.306 e. The Morgan fingerprint density at radius 3 is 2.70 bits per heavy atom. The zero-order valence-corrected chi connectivity index (χ0v) is 14.2. The Morgan fingerprint density at radius 2 is 2.00 bits per heavy atom. The highest BCUT2D eigenvalue weighted by molar-refractivity contribution is 9.10. The van der Waals surface area contributed by atoms with Crippen molar-refractivity contribution in [1.29, 1.82) is 0 Å². The van der Waals surface area contributed by atoms with Crippen LogP contribution in [0, 0.1) is 5.82 Å². The highest BCUT2D eigenvalue weighted by Gasteiger charge is 2.08. The number of benzene rings is 2. The molecule has 0 saturated heterocycles. The SMILES string of the molecule is CC(NCc1cc(Br)ccc1F)c1ccc(-n2cncn2)cc1. The van der Waals surface area contributed by atoms with Gasteiger partial charge in [0.1, 0.15) is 18.5 Å². The first kappa shape index (κ1) is 15.8. The highest BCUT2D eigenvalue weighted by atomic mass is 79.9. The second kappa shape index (κ2) is 7.02. The molecule has 3 aromatic rings. The topological polar surface area (TPSA) is 42.7 Å². The average Bonchev–Trinajstić information content (AvgIpc) is 3.10. The molecule has 0 aliphatic heterocycles. The van der Waals surface area contributed by atoms with Gasteiger partial charge in [-0.25, -0.2) is 14.1 Å². The number of nitrogens with one attached hydrogen (secondary N) is 1. The Kier molecular flexibility index (Phi) is 4.83. The van der Waals surface area contributed by atoms with Crippen molar-refractivity contribution in [2.45, 2.75) is 19.5 Å². The molecule has 0 fully saturated rings. The van der Waals surface area contributed by atoms with Crippen molar-refractivity contribution in [1.82, 2.24) is 20.1 Å². The van der Waals surface area contributed by atoms with Crippen LogP contribution in [-0.2, 0) is 6.54 Å². The first-order chi connectivity index (χ1) is 11.1. The van der Waals surface area contributed by atoms with E-state index in [1.54, 1.807) is 23.1 Å². The molecule has 1 unspecified atom stereocenters. The number of hydrogen-bond donors (Lipinski definition) is 1. The summed E-state index contributed by atoms with van der Waals surface area (Å²) in [4.78, 5) is 3.93. The molecule has 0 radical (unpaired) electrons. The Balaban J connectivity index is 1.66. The lowest BCUT2D eigenvalue weighted by Crippen LogP contribution is -2.18. The van der Waals surface area contributed by atoms with Gasteiger partial charge in [-0.3, -0.25) is 0 Å². The van der Waals surface area contributed by atoms with Crippen LogP contribution in [0.1, 0.15) is 24.1 Å². The lowest BCUT2D eigenvalue weighted by molar-refractivity contribution is 0.544. The van der Waals surface area contributed by atoms with Gasteiger partial charge in [-0.05, 0) is 42.8 Å². The van der Waals surface area contributed by atoms with Gasteiger partial charge >= 0.3 is 0 Å². The minimum atomic E-state index is -0.200. The second-order valence-electron chi connectivity index (χ2n) is 5.27. The number of rotatable bonds is 5. The number of nitrogens with zero attached hydrogens (tertiary/aromatic N) is 3. The van der Waals surface area contributed by atoms with E-state index in [1.807, 2.05) is 24.3 Å². The molecule has 1 atom stereocenters. The van der Waals surface area contributed by atoms with Gasteiger partial charge in [-0.2, -0.15) is 5.10 Å². The molecular formula is C17H16BrFN4. The van der Waals surface area contributed by atoms with E-state index < -0.39 is 0 Å². The van der Waals surface area contributed by atoms with Gasteiger partial charge < -0.3 is 5.32 Å². The van der Waals surface area contributed by atoms with Crippen molar-refractivity contribution in [3.05, 3.63) is 76.5 Å². The predicted octanol–water partition coefficient (Wildman–Crippen LogP) is 4.02. The summed E-state index contributed by atoms with van der Waals surface area (Å²) in [6, 6.07) is 13.1. The van der Waals surface area contributed by atoms with Crippen LogP contribution in [0.25, 0.3) is 5.69 Å². The summed E-state index contributed by atoms with van der Waals surface area (Å²) in [5, 5.41) is 7.44. The van der Waals surface area contributed by atoms with E-state index in [9.17, 15) is 4.39 Å². The van der Waals surface area contributed by atoms with E-state index in [2.05, 4.69) is 38.3 Å². The summed E-state index contributed by atoms with van der Waals surface area (Å²) in [6.07, 6.45) is 3.16. The molecule has 1 aromatic heterocycles. The summed E-state index contributed by atoms with van der Waals surface area (Å²) in [5.41, 5.74) is 2.73. The van der Waals surface area contributed by atoms with E-state index in [1.165, 1.54) is 12.4 Å². The van der Waals surface area contributed by atoms with Crippen LogP contribution in [-0.4, -0.2) is 14.8 Å². The van der Waals surface area contributed by atoms with Gasteiger partial charge in [-0.1, -0.05) is 28.1 Å². The van der Waals surface area contributed by atoms with Gasteiger partial charge in [0.25, 0.3) is 0 Å². The molecule has 1 heterocycles. The van der Waals surface area contributed by atoms with Crippen LogP contribution in [0.4, 0.5) is 4.39 Å². The van der Waals surface area contributed by atoms with Gasteiger partial charge in [0.15, 0.2) is 0 Å².